The van der Waals surface area contributed by atoms with E-state index in [1.165, 1.54) is 66.4 Å². The van der Waals surface area contributed by atoms with Gasteiger partial charge in [-0.1, -0.05) is 133 Å². The van der Waals surface area contributed by atoms with Gasteiger partial charge in [-0.15, -0.1) is 0 Å². The molecule has 1 spiro atoms. The van der Waals surface area contributed by atoms with Crippen molar-refractivity contribution in [3.05, 3.63) is 204 Å². The molecule has 2 aliphatic rings. The summed E-state index contributed by atoms with van der Waals surface area (Å²) < 4.78 is 12.9. The molecule has 9 aromatic carbocycles. The largest absolute Gasteiger partial charge is 0.456 e. The van der Waals surface area contributed by atoms with Gasteiger partial charge in [-0.25, -0.2) is 0 Å². The van der Waals surface area contributed by atoms with E-state index in [9.17, 15) is 0 Å². The predicted octanol–water partition coefficient (Wildman–Crippen LogP) is 14.3. The second-order valence-corrected chi connectivity index (χ2v) is 15.1. The van der Waals surface area contributed by atoms with Gasteiger partial charge in [0.1, 0.15) is 22.3 Å². The van der Waals surface area contributed by atoms with E-state index in [2.05, 4.69) is 164 Å². The number of fused-ring (bicyclic) bond motifs is 18. The van der Waals surface area contributed by atoms with Crippen molar-refractivity contribution in [2.75, 3.05) is 0 Å². The molecule has 0 atom stereocenters. The van der Waals surface area contributed by atoms with Gasteiger partial charge in [0, 0.05) is 21.5 Å². The average molecular weight is 699 g/mol. The third-order valence-corrected chi connectivity index (χ3v) is 12.5. The summed E-state index contributed by atoms with van der Waals surface area (Å²) in [5.41, 5.74) is 18.2. The molecule has 0 saturated heterocycles. The van der Waals surface area contributed by atoms with Gasteiger partial charge >= 0.3 is 0 Å². The van der Waals surface area contributed by atoms with E-state index < -0.39 is 5.41 Å². The number of hydrogen-bond acceptors (Lipinski definition) is 2. The van der Waals surface area contributed by atoms with Crippen molar-refractivity contribution in [2.24, 2.45) is 0 Å². The van der Waals surface area contributed by atoms with Crippen LogP contribution < -0.4 is 0 Å². The summed E-state index contributed by atoms with van der Waals surface area (Å²) in [6, 6.07) is 66.7. The van der Waals surface area contributed by atoms with Crippen molar-refractivity contribution in [3.8, 4) is 44.5 Å². The van der Waals surface area contributed by atoms with E-state index in [0.29, 0.717) is 0 Å². The molecule has 0 N–H and O–H groups in total. The van der Waals surface area contributed by atoms with E-state index in [0.717, 1.165) is 55.0 Å². The van der Waals surface area contributed by atoms with E-state index >= 15 is 0 Å². The minimum atomic E-state index is -0.531. The van der Waals surface area contributed by atoms with E-state index in [1.807, 2.05) is 18.2 Å². The Bertz CT molecular complexity index is 3400. The standard InChI is InChI=1S/C53H30O2/c1-2-12-35-33(11-1)27-43(34-23-25-41-39-16-6-10-20-48(39)55-50(41)30-34)51-42-26-22-31(32-21-24-40-38-15-5-9-19-47(38)54-49(40)29-32)28-46(42)53(52(35)51)44-17-7-3-13-36(44)37-14-4-8-18-45(37)53/h1-30H. The van der Waals surface area contributed by atoms with Crippen LogP contribution in [-0.2, 0) is 5.41 Å². The summed E-state index contributed by atoms with van der Waals surface area (Å²) in [6.07, 6.45) is 0. The lowest BCUT2D eigenvalue weighted by Gasteiger charge is -2.32. The zero-order valence-electron chi connectivity index (χ0n) is 29.6. The molecular formula is C53H30O2. The summed E-state index contributed by atoms with van der Waals surface area (Å²) in [7, 11) is 0. The van der Waals surface area contributed by atoms with Crippen molar-refractivity contribution in [1.82, 2.24) is 0 Å². The number of furan rings is 2. The van der Waals surface area contributed by atoms with Gasteiger partial charge < -0.3 is 8.83 Å². The van der Waals surface area contributed by atoms with Crippen LogP contribution in [0.1, 0.15) is 22.3 Å². The van der Waals surface area contributed by atoms with Crippen LogP contribution in [0.3, 0.4) is 0 Å². The molecule has 2 aromatic heterocycles. The Labute approximate surface area is 316 Å². The lowest BCUT2D eigenvalue weighted by atomic mass is 9.69. The zero-order valence-corrected chi connectivity index (χ0v) is 29.6. The van der Waals surface area contributed by atoms with Gasteiger partial charge in [0.2, 0.25) is 0 Å². The molecule has 0 unspecified atom stereocenters. The summed E-state index contributed by atoms with van der Waals surface area (Å²) in [5.74, 6) is 0. The van der Waals surface area contributed by atoms with Gasteiger partial charge in [-0.2, -0.15) is 0 Å². The predicted molar refractivity (Wildman–Crippen MR) is 226 cm³/mol. The smallest absolute Gasteiger partial charge is 0.136 e. The average Bonchev–Trinajstić information content (AvgIpc) is 3.98. The SMILES string of the molecule is c1ccc2c(c1)-c1ccccc1C21c2cc(-c3ccc4c(c3)oc3ccccc34)ccc2-c2c(-c3ccc4c(c3)oc3ccccc34)cc3ccccc3c21. The van der Waals surface area contributed by atoms with Crippen LogP contribution in [0.4, 0.5) is 0 Å². The Morgan fingerprint density at radius 2 is 0.818 bits per heavy atom. The highest BCUT2D eigenvalue weighted by Gasteiger charge is 2.53. The summed E-state index contributed by atoms with van der Waals surface area (Å²) in [6.45, 7) is 0. The minimum Gasteiger partial charge on any atom is -0.456 e. The molecule has 254 valence electrons. The molecule has 13 rings (SSSR count). The maximum absolute atomic E-state index is 6.48. The normalized spacial score (nSPS) is 13.6. The zero-order chi connectivity index (χ0) is 35.8. The van der Waals surface area contributed by atoms with Crippen LogP contribution in [0, 0.1) is 0 Å². The lowest BCUT2D eigenvalue weighted by Crippen LogP contribution is -2.26. The first-order chi connectivity index (χ1) is 27.3. The Kier molecular flexibility index (Phi) is 5.59. The number of benzene rings is 9. The first-order valence-corrected chi connectivity index (χ1v) is 19.0. The maximum atomic E-state index is 6.48. The van der Waals surface area contributed by atoms with Crippen LogP contribution in [-0.4, -0.2) is 0 Å². The third kappa shape index (κ3) is 3.73. The van der Waals surface area contributed by atoms with E-state index in [1.54, 1.807) is 0 Å². The van der Waals surface area contributed by atoms with E-state index in [-0.39, 0.29) is 0 Å². The van der Waals surface area contributed by atoms with Crippen LogP contribution in [0.15, 0.2) is 191 Å². The lowest BCUT2D eigenvalue weighted by molar-refractivity contribution is 0.668. The number of rotatable bonds is 2. The fourth-order valence-corrected chi connectivity index (χ4v) is 10.2. The fraction of sp³-hybridized carbons (Fsp3) is 0.0189. The topological polar surface area (TPSA) is 26.3 Å². The van der Waals surface area contributed by atoms with Crippen molar-refractivity contribution >= 4 is 54.6 Å². The highest BCUT2D eigenvalue weighted by molar-refractivity contribution is 6.12. The van der Waals surface area contributed by atoms with Crippen LogP contribution in [0.25, 0.3) is 99.2 Å². The monoisotopic (exact) mass is 698 g/mol. The second-order valence-electron chi connectivity index (χ2n) is 15.1. The molecule has 0 saturated carbocycles. The quantitative estimate of drug-likeness (QED) is 0.180. The molecule has 2 heteroatoms. The van der Waals surface area contributed by atoms with Crippen LogP contribution in [0.5, 0.6) is 0 Å². The molecule has 2 heterocycles. The Morgan fingerprint density at radius 3 is 1.51 bits per heavy atom. The Hall–Kier alpha value is -7.16. The summed E-state index contributed by atoms with van der Waals surface area (Å²) in [5, 5.41) is 7.07. The molecule has 0 aliphatic heterocycles. The first-order valence-electron chi connectivity index (χ1n) is 19.0. The van der Waals surface area contributed by atoms with Gasteiger partial charge in [-0.05, 0) is 126 Å². The Morgan fingerprint density at radius 1 is 0.309 bits per heavy atom. The molecule has 11 aromatic rings. The first kappa shape index (κ1) is 29.3. The highest BCUT2D eigenvalue weighted by atomic mass is 16.3. The van der Waals surface area contributed by atoms with Gasteiger partial charge in [0.25, 0.3) is 0 Å². The Balaban J connectivity index is 1.15. The van der Waals surface area contributed by atoms with Crippen LogP contribution >= 0.6 is 0 Å². The van der Waals surface area contributed by atoms with Crippen molar-refractivity contribution in [1.29, 1.82) is 0 Å². The maximum Gasteiger partial charge on any atom is 0.136 e. The van der Waals surface area contributed by atoms with Crippen LogP contribution in [0.2, 0.25) is 0 Å². The number of para-hydroxylation sites is 2. The van der Waals surface area contributed by atoms with E-state index in [4.69, 9.17) is 8.83 Å². The molecule has 0 fully saturated rings. The molecular weight excluding hydrogens is 669 g/mol. The molecule has 55 heavy (non-hydrogen) atoms. The van der Waals surface area contributed by atoms with Crippen molar-refractivity contribution < 1.29 is 8.83 Å². The number of hydrogen-bond donors (Lipinski definition) is 0. The van der Waals surface area contributed by atoms with Gasteiger partial charge in [-0.3, -0.25) is 0 Å². The summed E-state index contributed by atoms with van der Waals surface area (Å²) in [4.78, 5) is 0. The van der Waals surface area contributed by atoms with Gasteiger partial charge in [0.15, 0.2) is 0 Å². The molecule has 0 bridgehead atoms. The third-order valence-electron chi connectivity index (χ3n) is 12.5. The molecule has 2 aliphatic carbocycles. The van der Waals surface area contributed by atoms with Gasteiger partial charge in [0.05, 0.1) is 5.41 Å². The van der Waals surface area contributed by atoms with Crippen molar-refractivity contribution in [3.63, 3.8) is 0 Å². The molecule has 0 radical (unpaired) electrons. The fourth-order valence-electron chi connectivity index (χ4n) is 10.2. The minimum absolute atomic E-state index is 0.531. The molecule has 0 amide bonds. The second kappa shape index (κ2) is 10.5. The molecule has 2 nitrogen and oxygen atoms in total. The highest BCUT2D eigenvalue weighted by Crippen LogP contribution is 2.66. The van der Waals surface area contributed by atoms with Crippen molar-refractivity contribution in [2.45, 2.75) is 5.41 Å². The summed E-state index contributed by atoms with van der Waals surface area (Å²) >= 11 is 0.